The maximum absolute atomic E-state index is 12.0. The number of nitrogens with zero attached hydrogens (tertiary/aromatic N) is 3. The Labute approximate surface area is 162 Å². The molecule has 3 aromatic rings. The first-order valence-electron chi connectivity index (χ1n) is 9.55. The molecule has 1 heterocycles. The molecule has 0 spiro atoms. The predicted octanol–water partition coefficient (Wildman–Crippen LogP) is 4.27. The number of fused-ring (bicyclic) bond motifs is 1. The van der Waals surface area contributed by atoms with Crippen molar-refractivity contribution in [2.75, 3.05) is 11.9 Å². The molecule has 144 valence electrons. The van der Waals surface area contributed by atoms with Crippen molar-refractivity contribution >= 4 is 22.1 Å². The van der Waals surface area contributed by atoms with Gasteiger partial charge in [-0.25, -0.2) is 5.10 Å². The third-order valence-electron chi connectivity index (χ3n) is 5.64. The van der Waals surface area contributed by atoms with Crippen LogP contribution < -0.4 is 10.5 Å². The summed E-state index contributed by atoms with van der Waals surface area (Å²) in [5, 5.41) is 19.7. The van der Waals surface area contributed by atoms with E-state index in [0.717, 1.165) is 25.7 Å². The lowest BCUT2D eigenvalue weighted by molar-refractivity contribution is -0.384. The second-order valence-electron chi connectivity index (χ2n) is 7.31. The van der Waals surface area contributed by atoms with Crippen LogP contribution >= 0.6 is 0 Å². The molecule has 1 fully saturated rings. The van der Waals surface area contributed by atoms with Crippen LogP contribution in [0.3, 0.4) is 0 Å². The molecule has 1 saturated carbocycles. The van der Waals surface area contributed by atoms with Crippen molar-refractivity contribution < 1.29 is 4.92 Å². The van der Waals surface area contributed by atoms with Gasteiger partial charge in [0.2, 0.25) is 0 Å². The summed E-state index contributed by atoms with van der Waals surface area (Å²) in [5.41, 5.74) is 1.55. The zero-order valence-electron chi connectivity index (χ0n) is 15.7. The first-order chi connectivity index (χ1) is 13.6. The number of anilines is 1. The average molecular weight is 378 g/mol. The van der Waals surface area contributed by atoms with Crippen molar-refractivity contribution in [1.29, 1.82) is 0 Å². The number of rotatable bonds is 4. The number of nitro benzene ring substituents is 1. The zero-order chi connectivity index (χ0) is 19.7. The molecule has 0 saturated heterocycles. The SMILES string of the molecule is CN(c1ccc(-c2n[nH]c(=O)c3ccccc23)cc1[N+](=O)[O-])C1CCCCC1. The lowest BCUT2D eigenvalue weighted by Gasteiger charge is -2.32. The van der Waals surface area contributed by atoms with E-state index in [1.54, 1.807) is 30.3 Å². The molecule has 0 amide bonds. The van der Waals surface area contributed by atoms with Gasteiger partial charge in [-0.1, -0.05) is 43.5 Å². The Morgan fingerprint density at radius 1 is 1.11 bits per heavy atom. The van der Waals surface area contributed by atoms with Gasteiger partial charge in [0.1, 0.15) is 5.69 Å². The fraction of sp³-hybridized carbons (Fsp3) is 0.333. The largest absolute Gasteiger partial charge is 0.366 e. The average Bonchev–Trinajstić information content (AvgIpc) is 2.74. The van der Waals surface area contributed by atoms with E-state index in [1.165, 1.54) is 6.42 Å². The Balaban J connectivity index is 1.81. The molecule has 0 atom stereocenters. The molecule has 7 nitrogen and oxygen atoms in total. The molecule has 1 aliphatic carbocycles. The van der Waals surface area contributed by atoms with Crippen molar-refractivity contribution in [3.8, 4) is 11.3 Å². The first-order valence-corrected chi connectivity index (χ1v) is 9.55. The Morgan fingerprint density at radius 3 is 2.54 bits per heavy atom. The summed E-state index contributed by atoms with van der Waals surface area (Å²) in [6, 6.07) is 12.7. The molecule has 28 heavy (non-hydrogen) atoms. The van der Waals surface area contributed by atoms with Gasteiger partial charge >= 0.3 is 0 Å². The maximum atomic E-state index is 12.0. The number of nitrogens with one attached hydrogen (secondary N) is 1. The van der Waals surface area contributed by atoms with Crippen molar-refractivity contribution in [1.82, 2.24) is 10.2 Å². The molecule has 1 N–H and O–H groups in total. The highest BCUT2D eigenvalue weighted by molar-refractivity contribution is 5.94. The van der Waals surface area contributed by atoms with Gasteiger partial charge in [-0.05, 0) is 25.0 Å². The van der Waals surface area contributed by atoms with Gasteiger partial charge in [0.15, 0.2) is 0 Å². The summed E-state index contributed by atoms with van der Waals surface area (Å²) in [7, 11) is 1.94. The number of aromatic amines is 1. The number of H-pyrrole nitrogens is 1. The number of nitro groups is 1. The maximum Gasteiger partial charge on any atom is 0.293 e. The molecule has 0 aliphatic heterocycles. The molecule has 2 aromatic carbocycles. The Morgan fingerprint density at radius 2 is 1.82 bits per heavy atom. The highest BCUT2D eigenvalue weighted by atomic mass is 16.6. The van der Waals surface area contributed by atoms with E-state index in [2.05, 4.69) is 10.2 Å². The molecule has 1 aromatic heterocycles. The molecule has 0 unspecified atom stereocenters. The second-order valence-corrected chi connectivity index (χ2v) is 7.31. The van der Waals surface area contributed by atoms with Crippen LogP contribution in [0.25, 0.3) is 22.0 Å². The summed E-state index contributed by atoms with van der Waals surface area (Å²) < 4.78 is 0. The van der Waals surface area contributed by atoms with E-state index in [0.29, 0.717) is 33.8 Å². The van der Waals surface area contributed by atoms with Crippen molar-refractivity contribution in [3.63, 3.8) is 0 Å². The van der Waals surface area contributed by atoms with E-state index >= 15 is 0 Å². The third-order valence-corrected chi connectivity index (χ3v) is 5.64. The molecular formula is C21H22N4O3. The molecule has 1 aliphatic rings. The molecular weight excluding hydrogens is 356 g/mol. The van der Waals surface area contributed by atoms with Gasteiger partial charge in [-0.3, -0.25) is 14.9 Å². The van der Waals surface area contributed by atoms with Crippen LogP contribution in [0.4, 0.5) is 11.4 Å². The highest BCUT2D eigenvalue weighted by Gasteiger charge is 2.25. The fourth-order valence-electron chi connectivity index (χ4n) is 4.12. The summed E-state index contributed by atoms with van der Waals surface area (Å²) >= 11 is 0. The van der Waals surface area contributed by atoms with Gasteiger partial charge in [-0.2, -0.15) is 5.10 Å². The zero-order valence-corrected chi connectivity index (χ0v) is 15.7. The Bertz CT molecular complexity index is 1090. The number of benzene rings is 2. The smallest absolute Gasteiger partial charge is 0.293 e. The van der Waals surface area contributed by atoms with Gasteiger partial charge in [0, 0.05) is 30.1 Å². The summed E-state index contributed by atoms with van der Waals surface area (Å²) in [6.07, 6.45) is 5.67. The lowest BCUT2D eigenvalue weighted by Crippen LogP contribution is -2.33. The standard InChI is InChI=1S/C21H22N4O3/c1-24(15-7-3-2-4-8-15)18-12-11-14(13-19(18)25(27)28)20-16-9-5-6-10-17(16)21(26)23-22-20/h5-6,9-13,15H,2-4,7-8H2,1H3,(H,23,26). The van der Waals surface area contributed by atoms with Crippen LogP contribution in [-0.4, -0.2) is 28.2 Å². The number of hydrogen-bond acceptors (Lipinski definition) is 5. The van der Waals surface area contributed by atoms with E-state index in [4.69, 9.17) is 0 Å². The third kappa shape index (κ3) is 3.24. The second kappa shape index (κ2) is 7.42. The molecule has 7 heteroatoms. The summed E-state index contributed by atoms with van der Waals surface area (Å²) in [6.45, 7) is 0. The van der Waals surface area contributed by atoms with Gasteiger partial charge < -0.3 is 4.90 Å². The fourth-order valence-corrected chi connectivity index (χ4v) is 4.12. The molecule has 0 bridgehead atoms. The van der Waals surface area contributed by atoms with Gasteiger partial charge in [0.05, 0.1) is 16.0 Å². The van der Waals surface area contributed by atoms with Crippen LogP contribution in [-0.2, 0) is 0 Å². The van der Waals surface area contributed by atoms with Crippen molar-refractivity contribution in [3.05, 3.63) is 62.9 Å². The normalized spacial score (nSPS) is 14.9. The first kappa shape index (κ1) is 18.2. The summed E-state index contributed by atoms with van der Waals surface area (Å²) in [5.74, 6) is 0. The van der Waals surface area contributed by atoms with Crippen LogP contribution in [0.15, 0.2) is 47.3 Å². The van der Waals surface area contributed by atoms with Gasteiger partial charge in [-0.15, -0.1) is 0 Å². The quantitative estimate of drug-likeness (QED) is 0.541. The minimum Gasteiger partial charge on any atom is -0.366 e. The minimum atomic E-state index is -0.341. The molecule has 4 rings (SSSR count). The van der Waals surface area contributed by atoms with E-state index in [1.807, 2.05) is 24.1 Å². The highest BCUT2D eigenvalue weighted by Crippen LogP contribution is 2.36. The number of aromatic nitrogens is 2. The van der Waals surface area contributed by atoms with Crippen LogP contribution in [0.2, 0.25) is 0 Å². The lowest BCUT2D eigenvalue weighted by atomic mass is 9.94. The van der Waals surface area contributed by atoms with Crippen LogP contribution in [0, 0.1) is 10.1 Å². The predicted molar refractivity (Wildman–Crippen MR) is 110 cm³/mol. The van der Waals surface area contributed by atoms with Crippen molar-refractivity contribution in [2.45, 2.75) is 38.1 Å². The topological polar surface area (TPSA) is 92.1 Å². The van der Waals surface area contributed by atoms with E-state index < -0.39 is 0 Å². The van der Waals surface area contributed by atoms with Crippen molar-refractivity contribution in [2.24, 2.45) is 0 Å². The minimum absolute atomic E-state index is 0.0580. The van der Waals surface area contributed by atoms with Gasteiger partial charge in [0.25, 0.3) is 11.2 Å². The monoisotopic (exact) mass is 378 g/mol. The Hall–Kier alpha value is -3.22. The molecule has 0 radical (unpaired) electrons. The van der Waals surface area contributed by atoms with Crippen LogP contribution in [0.1, 0.15) is 32.1 Å². The number of hydrogen-bond donors (Lipinski definition) is 1. The van der Waals surface area contributed by atoms with Crippen LogP contribution in [0.5, 0.6) is 0 Å². The van der Waals surface area contributed by atoms with E-state index in [-0.39, 0.29) is 16.2 Å². The Kier molecular flexibility index (Phi) is 4.81. The van der Waals surface area contributed by atoms with E-state index in [9.17, 15) is 14.9 Å². The summed E-state index contributed by atoms with van der Waals surface area (Å²) in [4.78, 5) is 25.5.